The van der Waals surface area contributed by atoms with E-state index in [9.17, 15) is 0 Å². The number of alkyl halides is 1. The van der Waals surface area contributed by atoms with Gasteiger partial charge < -0.3 is 4.90 Å². The zero-order valence-electron chi connectivity index (χ0n) is 10.7. The van der Waals surface area contributed by atoms with Gasteiger partial charge in [-0.25, -0.2) is 0 Å². The lowest BCUT2D eigenvalue weighted by Crippen LogP contribution is -2.19. The molecular weight excluding hydrogens is 258 g/mol. The minimum atomic E-state index is 0.407. The summed E-state index contributed by atoms with van der Waals surface area (Å²) in [6, 6.07) is 12.5. The average molecular weight is 274 g/mol. The summed E-state index contributed by atoms with van der Waals surface area (Å²) in [6.45, 7) is 0.992. The molecule has 4 heteroatoms. The third kappa shape index (κ3) is 2.56. The molecule has 0 atom stereocenters. The third-order valence-electron chi connectivity index (χ3n) is 3.48. The van der Waals surface area contributed by atoms with E-state index < -0.39 is 0 Å². The Hall–Kier alpha value is -1.61. The van der Waals surface area contributed by atoms with Crippen molar-refractivity contribution >= 4 is 23.1 Å². The largest absolute Gasteiger partial charge is 0.325 e. The predicted octanol–water partition coefficient (Wildman–Crippen LogP) is 3.69. The summed E-state index contributed by atoms with van der Waals surface area (Å²) < 4.78 is 0. The minimum absolute atomic E-state index is 0.407. The summed E-state index contributed by atoms with van der Waals surface area (Å²) in [5.41, 5.74) is 3.46. The van der Waals surface area contributed by atoms with Crippen molar-refractivity contribution in [1.29, 1.82) is 0 Å². The van der Waals surface area contributed by atoms with Crippen molar-refractivity contribution in [3.05, 3.63) is 47.7 Å². The van der Waals surface area contributed by atoms with Gasteiger partial charge in [-0.05, 0) is 43.0 Å². The molecule has 1 aliphatic rings. The molecular formula is C15H16ClN3. The highest BCUT2D eigenvalue weighted by molar-refractivity contribution is 6.16. The number of rotatable bonds is 2. The van der Waals surface area contributed by atoms with E-state index in [1.54, 1.807) is 0 Å². The third-order valence-corrected chi connectivity index (χ3v) is 3.75. The van der Waals surface area contributed by atoms with Gasteiger partial charge in [0, 0.05) is 12.2 Å². The molecule has 0 unspecified atom stereocenters. The zero-order valence-corrected chi connectivity index (χ0v) is 11.5. The van der Waals surface area contributed by atoms with Gasteiger partial charge >= 0.3 is 0 Å². The molecule has 98 valence electrons. The second-order valence-corrected chi connectivity index (χ2v) is 5.02. The lowest BCUT2D eigenvalue weighted by molar-refractivity contribution is 0.753. The van der Waals surface area contributed by atoms with Gasteiger partial charge in [-0.15, -0.1) is 16.7 Å². The molecule has 1 aromatic carbocycles. The van der Waals surface area contributed by atoms with Gasteiger partial charge in [0.05, 0.1) is 11.6 Å². The fourth-order valence-electron chi connectivity index (χ4n) is 2.50. The van der Waals surface area contributed by atoms with E-state index >= 15 is 0 Å². The standard InChI is InChI=1S/C15H16ClN3/c16-11-13-8-9-15(18-17-13)19-10-4-3-6-12-5-1-2-7-14(12)19/h1-2,5,7-9H,3-4,6,10-11H2. The van der Waals surface area contributed by atoms with Gasteiger partial charge in [0.15, 0.2) is 5.82 Å². The number of benzene rings is 1. The maximum atomic E-state index is 5.76. The molecule has 0 saturated carbocycles. The van der Waals surface area contributed by atoms with Crippen molar-refractivity contribution in [2.75, 3.05) is 11.4 Å². The van der Waals surface area contributed by atoms with Crippen LogP contribution in [0.2, 0.25) is 0 Å². The summed E-state index contributed by atoms with van der Waals surface area (Å²) in [7, 11) is 0. The van der Waals surface area contributed by atoms with Gasteiger partial charge in [0.25, 0.3) is 0 Å². The second kappa shape index (κ2) is 5.57. The summed E-state index contributed by atoms with van der Waals surface area (Å²) in [6.07, 6.45) is 3.54. The molecule has 0 aliphatic carbocycles. The smallest absolute Gasteiger partial charge is 0.155 e. The Balaban J connectivity index is 1.99. The average Bonchev–Trinajstić information content (AvgIpc) is 2.70. The molecule has 19 heavy (non-hydrogen) atoms. The number of hydrogen-bond acceptors (Lipinski definition) is 3. The molecule has 0 fully saturated rings. The molecule has 0 spiro atoms. The monoisotopic (exact) mass is 273 g/mol. The summed E-state index contributed by atoms with van der Waals surface area (Å²) in [4.78, 5) is 2.26. The van der Waals surface area contributed by atoms with Crippen LogP contribution in [-0.2, 0) is 12.3 Å². The molecule has 0 amide bonds. The molecule has 3 rings (SSSR count). The number of para-hydroxylation sites is 1. The highest BCUT2D eigenvalue weighted by Crippen LogP contribution is 2.31. The van der Waals surface area contributed by atoms with Crippen molar-refractivity contribution in [2.45, 2.75) is 25.1 Å². The van der Waals surface area contributed by atoms with Gasteiger partial charge in [0.2, 0.25) is 0 Å². The quantitative estimate of drug-likeness (QED) is 0.782. The SMILES string of the molecule is ClCc1ccc(N2CCCCc3ccccc32)nn1. The number of fused-ring (bicyclic) bond motifs is 1. The van der Waals surface area contributed by atoms with Gasteiger partial charge in [-0.2, -0.15) is 5.10 Å². The van der Waals surface area contributed by atoms with Crippen LogP contribution in [0.4, 0.5) is 11.5 Å². The zero-order chi connectivity index (χ0) is 13.1. The summed E-state index contributed by atoms with van der Waals surface area (Å²) in [5, 5.41) is 8.46. The summed E-state index contributed by atoms with van der Waals surface area (Å²) >= 11 is 5.76. The predicted molar refractivity (Wildman–Crippen MR) is 78.0 cm³/mol. The Morgan fingerprint density at radius 1 is 1.05 bits per heavy atom. The van der Waals surface area contributed by atoms with Gasteiger partial charge in [-0.1, -0.05) is 18.2 Å². The highest BCUT2D eigenvalue weighted by Gasteiger charge is 2.17. The number of hydrogen-bond donors (Lipinski definition) is 0. The number of aromatic nitrogens is 2. The lowest BCUT2D eigenvalue weighted by Gasteiger charge is -2.23. The maximum Gasteiger partial charge on any atom is 0.155 e. The lowest BCUT2D eigenvalue weighted by atomic mass is 10.1. The fraction of sp³-hybridized carbons (Fsp3) is 0.333. The van der Waals surface area contributed by atoms with E-state index in [4.69, 9.17) is 11.6 Å². The van der Waals surface area contributed by atoms with Crippen LogP contribution >= 0.6 is 11.6 Å². The Kier molecular flexibility index (Phi) is 3.65. The van der Waals surface area contributed by atoms with Gasteiger partial charge in [0.1, 0.15) is 0 Å². The first-order valence-corrected chi connectivity index (χ1v) is 7.16. The van der Waals surface area contributed by atoms with Crippen molar-refractivity contribution in [3.8, 4) is 0 Å². The maximum absolute atomic E-state index is 5.76. The van der Waals surface area contributed by atoms with Crippen LogP contribution < -0.4 is 4.90 Å². The molecule has 2 aromatic rings. The molecule has 1 aliphatic heterocycles. The van der Waals surface area contributed by atoms with Crippen molar-refractivity contribution in [3.63, 3.8) is 0 Å². The first-order valence-electron chi connectivity index (χ1n) is 6.62. The normalized spacial score (nSPS) is 14.9. The highest BCUT2D eigenvalue weighted by atomic mass is 35.5. The van der Waals surface area contributed by atoms with Gasteiger partial charge in [-0.3, -0.25) is 0 Å². The van der Waals surface area contributed by atoms with Crippen LogP contribution in [0.3, 0.4) is 0 Å². The number of nitrogens with zero attached hydrogens (tertiary/aromatic N) is 3. The van der Waals surface area contributed by atoms with E-state index in [1.807, 2.05) is 12.1 Å². The topological polar surface area (TPSA) is 29.0 Å². The molecule has 1 aromatic heterocycles. The Labute approximate surface area is 118 Å². The minimum Gasteiger partial charge on any atom is -0.325 e. The molecule has 0 radical (unpaired) electrons. The fourth-order valence-corrected chi connectivity index (χ4v) is 2.64. The van der Waals surface area contributed by atoms with Crippen molar-refractivity contribution < 1.29 is 0 Å². The molecule has 2 heterocycles. The van der Waals surface area contributed by atoms with E-state index in [0.29, 0.717) is 5.88 Å². The summed E-state index contributed by atoms with van der Waals surface area (Å²) in [5.74, 6) is 1.31. The molecule has 0 bridgehead atoms. The second-order valence-electron chi connectivity index (χ2n) is 4.75. The van der Waals surface area contributed by atoms with Crippen LogP contribution in [0, 0.1) is 0 Å². The van der Waals surface area contributed by atoms with E-state index in [0.717, 1.165) is 24.5 Å². The van der Waals surface area contributed by atoms with E-state index in [-0.39, 0.29) is 0 Å². The van der Waals surface area contributed by atoms with Crippen LogP contribution in [0.15, 0.2) is 36.4 Å². The van der Waals surface area contributed by atoms with Crippen molar-refractivity contribution in [1.82, 2.24) is 10.2 Å². The first kappa shape index (κ1) is 12.4. The van der Waals surface area contributed by atoms with Crippen LogP contribution in [-0.4, -0.2) is 16.7 Å². The van der Waals surface area contributed by atoms with Crippen LogP contribution in [0.1, 0.15) is 24.1 Å². The first-order chi connectivity index (χ1) is 9.38. The molecule has 0 N–H and O–H groups in total. The number of halogens is 1. The van der Waals surface area contributed by atoms with Crippen LogP contribution in [0.25, 0.3) is 0 Å². The van der Waals surface area contributed by atoms with E-state index in [1.165, 1.54) is 24.1 Å². The number of anilines is 2. The Morgan fingerprint density at radius 2 is 1.95 bits per heavy atom. The van der Waals surface area contributed by atoms with Crippen LogP contribution in [0.5, 0.6) is 0 Å². The molecule has 3 nitrogen and oxygen atoms in total. The molecule has 0 saturated heterocycles. The Morgan fingerprint density at radius 3 is 2.74 bits per heavy atom. The number of aryl methyl sites for hydroxylation is 1. The van der Waals surface area contributed by atoms with E-state index in [2.05, 4.69) is 39.4 Å². The van der Waals surface area contributed by atoms with Crippen molar-refractivity contribution in [2.24, 2.45) is 0 Å². The Bertz CT molecular complexity index is 554.